The largest absolute Gasteiger partial charge is 0.387 e. The Kier molecular flexibility index (Phi) is 8.29. The van der Waals surface area contributed by atoms with Gasteiger partial charge >= 0.3 is 6.72 Å². The number of halogens is 1. The zero-order valence-electron chi connectivity index (χ0n) is 23.9. The predicted molar refractivity (Wildman–Crippen MR) is 167 cm³/mol. The van der Waals surface area contributed by atoms with E-state index >= 15 is 4.39 Å². The van der Waals surface area contributed by atoms with Crippen LogP contribution < -0.4 is 32.8 Å². The zero-order chi connectivity index (χ0) is 33.4. The number of nitrogens with two attached hydrogens (primary N) is 2. The highest BCUT2D eigenvalue weighted by Crippen LogP contribution is 2.57. The average molecular weight is 737 g/mol. The molecule has 0 bridgehead atoms. The topological polar surface area (TPSA) is 298 Å². The molecular formula is C21H27FN12O9P2S2. The molecule has 254 valence electrons. The Morgan fingerprint density at radius 1 is 0.957 bits per heavy atom. The van der Waals surface area contributed by atoms with Gasteiger partial charge in [0.15, 0.2) is 41.0 Å². The lowest BCUT2D eigenvalue weighted by molar-refractivity contribution is -0.0463. The van der Waals surface area contributed by atoms with Crippen molar-refractivity contribution in [3.63, 3.8) is 0 Å². The Hall–Kier alpha value is -2.86. The monoisotopic (exact) mass is 736 g/mol. The van der Waals surface area contributed by atoms with Crippen LogP contribution in [0.15, 0.2) is 22.2 Å². The van der Waals surface area contributed by atoms with E-state index in [1.54, 1.807) is 0 Å². The van der Waals surface area contributed by atoms with Crippen LogP contribution in [0, 0.1) is 0 Å². The number of nitrogens with one attached hydrogen (secondary N) is 4. The number of H-pyrrole nitrogens is 2. The maximum Gasteiger partial charge on any atom is 0.326 e. The molecule has 4 aromatic rings. The van der Waals surface area contributed by atoms with Crippen LogP contribution >= 0.6 is 24.7 Å². The summed E-state index contributed by atoms with van der Waals surface area (Å²) in [5, 5.41) is 16.9. The van der Waals surface area contributed by atoms with Gasteiger partial charge in [-0.2, -0.15) is 9.97 Å². The van der Waals surface area contributed by atoms with Gasteiger partial charge in [-0.1, -0.05) is 11.4 Å². The third-order valence-corrected chi connectivity index (χ3v) is 13.3. The van der Waals surface area contributed by atoms with Gasteiger partial charge < -0.3 is 40.0 Å². The van der Waals surface area contributed by atoms with Gasteiger partial charge in [0.05, 0.1) is 38.0 Å². The highest BCUT2D eigenvalue weighted by Gasteiger charge is 2.52. The first-order chi connectivity index (χ1) is 22.3. The molecule has 21 nitrogen and oxygen atoms in total. The molecule has 0 aromatic carbocycles. The van der Waals surface area contributed by atoms with Crippen molar-refractivity contribution in [2.75, 3.05) is 30.9 Å². The number of alkyl halides is 1. The van der Waals surface area contributed by atoms with Crippen molar-refractivity contribution in [1.82, 2.24) is 49.2 Å². The van der Waals surface area contributed by atoms with E-state index in [9.17, 15) is 24.2 Å². The van der Waals surface area contributed by atoms with Crippen LogP contribution in [0.5, 0.6) is 0 Å². The fourth-order valence-electron chi connectivity index (χ4n) is 5.67. The SMILES string of the molecule is CS[P@@]1(=O)N[C@H]2[C@@H](O)[C@H](n3cnc4c(=O)[nH]c(N)nc43)O[C@@H]2COP(O)(=S)N[C@H]2[C@@H](F)[C@H](n3cnc4c(=O)[nH]c(N)nc43)O[C@@H]2CO1. The Labute approximate surface area is 270 Å². The number of aliphatic hydroxyl groups is 1. The summed E-state index contributed by atoms with van der Waals surface area (Å²) >= 11 is 6.12. The number of anilines is 2. The smallest absolute Gasteiger partial charge is 0.326 e. The van der Waals surface area contributed by atoms with Crippen molar-refractivity contribution >= 4 is 70.8 Å². The molecule has 3 fully saturated rings. The van der Waals surface area contributed by atoms with E-state index in [0.717, 1.165) is 22.3 Å². The quantitative estimate of drug-likeness (QED) is 0.112. The van der Waals surface area contributed by atoms with Gasteiger partial charge in [-0.3, -0.25) is 33.3 Å². The number of rotatable bonds is 3. The third-order valence-electron chi connectivity index (χ3n) is 7.84. The predicted octanol–water partition coefficient (Wildman–Crippen LogP) is -1.44. The molecule has 10 N–H and O–H groups in total. The van der Waals surface area contributed by atoms with Gasteiger partial charge in [0.25, 0.3) is 17.8 Å². The second-order valence-corrected chi connectivity index (χ2v) is 18.2. The summed E-state index contributed by atoms with van der Waals surface area (Å²) in [6.07, 6.45) is -4.59. The molecule has 1 unspecified atom stereocenters. The van der Waals surface area contributed by atoms with E-state index in [2.05, 4.69) is 40.1 Å². The molecule has 26 heteroatoms. The van der Waals surface area contributed by atoms with Crippen LogP contribution in [0.25, 0.3) is 22.3 Å². The van der Waals surface area contributed by atoms with E-state index in [1.165, 1.54) is 17.2 Å². The second-order valence-electron chi connectivity index (χ2n) is 10.7. The van der Waals surface area contributed by atoms with Crippen molar-refractivity contribution in [3.05, 3.63) is 33.4 Å². The molecule has 7 rings (SSSR count). The Morgan fingerprint density at radius 3 is 2.09 bits per heavy atom. The van der Waals surface area contributed by atoms with Gasteiger partial charge in [-0.05, 0) is 18.1 Å². The van der Waals surface area contributed by atoms with Crippen LogP contribution in [0.2, 0.25) is 0 Å². The van der Waals surface area contributed by atoms with Crippen LogP contribution in [-0.4, -0.2) is 105 Å². The van der Waals surface area contributed by atoms with E-state index in [-0.39, 0.29) is 34.2 Å². The van der Waals surface area contributed by atoms with E-state index in [4.69, 9.17) is 41.8 Å². The van der Waals surface area contributed by atoms with Crippen molar-refractivity contribution < 1.29 is 37.5 Å². The number of ether oxygens (including phenoxy) is 2. The fourth-order valence-corrected chi connectivity index (χ4v) is 9.82. The summed E-state index contributed by atoms with van der Waals surface area (Å²) in [5.74, 6) is -0.433. The number of fused-ring (bicyclic) bond motifs is 4. The summed E-state index contributed by atoms with van der Waals surface area (Å²) in [6, 6.07) is -2.52. The Morgan fingerprint density at radius 2 is 1.49 bits per heavy atom. The lowest BCUT2D eigenvalue weighted by atomic mass is 10.1. The maximum atomic E-state index is 16.2. The minimum atomic E-state index is -4.02. The highest BCUT2D eigenvalue weighted by atomic mass is 32.7. The van der Waals surface area contributed by atoms with Crippen molar-refractivity contribution in [1.29, 1.82) is 0 Å². The number of aliphatic hydroxyl groups excluding tert-OH is 1. The minimum Gasteiger partial charge on any atom is -0.387 e. The van der Waals surface area contributed by atoms with E-state index < -0.39 is 86.7 Å². The summed E-state index contributed by atoms with van der Waals surface area (Å²) in [4.78, 5) is 56.5. The highest BCUT2D eigenvalue weighted by molar-refractivity contribution is 8.55. The molecule has 7 heterocycles. The number of hydrogen-bond donors (Lipinski definition) is 8. The fraction of sp³-hybridized carbons (Fsp3) is 0.524. The van der Waals surface area contributed by atoms with Crippen molar-refractivity contribution in [2.24, 2.45) is 0 Å². The molecule has 47 heavy (non-hydrogen) atoms. The summed E-state index contributed by atoms with van der Waals surface area (Å²) in [7, 11) is 0. The maximum absolute atomic E-state index is 16.2. The summed E-state index contributed by atoms with van der Waals surface area (Å²) < 4.78 is 56.1. The van der Waals surface area contributed by atoms with E-state index in [1.807, 2.05) is 0 Å². The molecule has 0 spiro atoms. The lowest BCUT2D eigenvalue weighted by Crippen LogP contribution is -2.47. The lowest BCUT2D eigenvalue weighted by Gasteiger charge is -2.31. The molecule has 10 atom stereocenters. The molecule has 0 radical (unpaired) electrons. The number of imidazole rings is 2. The first kappa shape index (κ1) is 32.7. The second kappa shape index (κ2) is 11.9. The third kappa shape index (κ3) is 5.81. The van der Waals surface area contributed by atoms with Gasteiger partial charge in [0.1, 0.15) is 18.3 Å². The minimum absolute atomic E-state index is 0.00783. The summed E-state index contributed by atoms with van der Waals surface area (Å²) in [6.45, 7) is -8.88. The first-order valence-corrected chi connectivity index (χ1v) is 19.8. The standard InChI is InChI=1S/C21H27FN12O9P2S2/c1-47-45(39)32-10-7(43-19(13(10)35)34-5-26-12-15(34)28-21(24)30-17(12)37)2-40-44(38,46)31-9-6(3-41-45)42-18(8(9)22)33-4-25-11-14(33)27-20(23)29-16(11)36/h4-10,13,18-19,35H,2-3H2,1H3,(H,32,39)(H2,31,38,46)(H3,23,27,29,36)(H3,24,28,30,37)/t6-,7-,8-,9-,10-,13-,18-,19-,44?,45-/m1/s1. The Bertz CT molecular complexity index is 2080. The summed E-state index contributed by atoms with van der Waals surface area (Å²) in [5.41, 5.74) is 9.89. The van der Waals surface area contributed by atoms with Crippen LogP contribution in [0.1, 0.15) is 12.5 Å². The number of nitrogen functional groups attached to an aromatic ring is 2. The van der Waals surface area contributed by atoms with Crippen molar-refractivity contribution in [2.45, 2.75) is 49.0 Å². The molecule has 0 amide bonds. The molecule has 3 aliphatic rings. The van der Waals surface area contributed by atoms with Crippen LogP contribution in [-0.2, 0) is 34.9 Å². The van der Waals surface area contributed by atoms with Gasteiger partial charge in [-0.15, -0.1) is 0 Å². The first-order valence-electron chi connectivity index (χ1n) is 13.7. The molecule has 0 aliphatic carbocycles. The van der Waals surface area contributed by atoms with Gasteiger partial charge in [-0.25, -0.2) is 24.5 Å². The van der Waals surface area contributed by atoms with Gasteiger partial charge in [0, 0.05) is 0 Å². The molecule has 3 aliphatic heterocycles. The van der Waals surface area contributed by atoms with Crippen LogP contribution in [0.3, 0.4) is 0 Å². The van der Waals surface area contributed by atoms with Gasteiger partial charge in [0.2, 0.25) is 11.9 Å². The number of nitrogens with zero attached hydrogens (tertiary/aromatic N) is 6. The molecular weight excluding hydrogens is 709 g/mol. The molecule has 0 saturated carbocycles. The number of aromatic amines is 2. The number of hydrogen-bond acceptors (Lipinski definition) is 16. The number of aromatic nitrogens is 8. The molecule has 3 saturated heterocycles. The van der Waals surface area contributed by atoms with E-state index in [0.29, 0.717) is 0 Å². The average Bonchev–Trinajstić information content (AvgIpc) is 3.76. The normalized spacial score (nSPS) is 36.6. The molecule has 4 aromatic heterocycles. The zero-order valence-corrected chi connectivity index (χ0v) is 27.3. The Balaban J connectivity index is 1.19. The van der Waals surface area contributed by atoms with Crippen LogP contribution in [0.4, 0.5) is 16.3 Å². The van der Waals surface area contributed by atoms with Crippen molar-refractivity contribution in [3.8, 4) is 0 Å².